The predicted octanol–water partition coefficient (Wildman–Crippen LogP) is 4.54. The van der Waals surface area contributed by atoms with Crippen LogP contribution in [-0.4, -0.2) is 10.9 Å². The summed E-state index contributed by atoms with van der Waals surface area (Å²) in [6.07, 6.45) is 0. The Hall–Kier alpha value is -2.19. The van der Waals surface area contributed by atoms with Gasteiger partial charge in [0.25, 0.3) is 5.91 Å². The van der Waals surface area contributed by atoms with Crippen LogP contribution < -0.4 is 5.32 Å². The van der Waals surface area contributed by atoms with Crippen molar-refractivity contribution in [2.24, 2.45) is 0 Å². The van der Waals surface area contributed by atoms with Crippen molar-refractivity contribution in [3.05, 3.63) is 57.5 Å². The molecule has 0 spiro atoms. The minimum Gasteiger partial charge on any atom is -0.318 e. The molecule has 3 nitrogen and oxygen atoms in total. The van der Waals surface area contributed by atoms with E-state index >= 15 is 0 Å². The van der Waals surface area contributed by atoms with Crippen LogP contribution in [0.15, 0.2) is 34.3 Å². The van der Waals surface area contributed by atoms with Crippen LogP contribution in [-0.2, 0) is 0 Å². The third-order valence-electron chi connectivity index (χ3n) is 2.79. The third kappa shape index (κ3) is 2.75. The molecule has 0 aliphatic carbocycles. The molecule has 3 aromatic rings. The monoisotopic (exact) mass is 340 g/mol. The van der Waals surface area contributed by atoms with Gasteiger partial charge in [0.1, 0.15) is 10.7 Å². The molecular formula is C14H7F3N2OS2. The quantitative estimate of drug-likeness (QED) is 0.711. The SMILES string of the molecule is O=C(Nc1ccc(F)c(F)c1F)c1csc(-c2ccsc2)n1. The molecule has 0 aliphatic heterocycles. The number of rotatable bonds is 3. The lowest BCUT2D eigenvalue weighted by Crippen LogP contribution is -2.14. The number of anilines is 1. The summed E-state index contributed by atoms with van der Waals surface area (Å²) in [5, 5.41) is 8.11. The Labute approximate surface area is 131 Å². The Kier molecular flexibility index (Phi) is 3.95. The lowest BCUT2D eigenvalue weighted by atomic mass is 10.2. The number of hydrogen-bond acceptors (Lipinski definition) is 4. The first-order valence-electron chi connectivity index (χ1n) is 5.99. The highest BCUT2D eigenvalue weighted by Gasteiger charge is 2.17. The standard InChI is InChI=1S/C14H7F3N2OS2/c15-8-1-2-9(12(17)11(8)16)18-13(20)10-6-22-14(19-10)7-3-4-21-5-7/h1-6H,(H,18,20). The number of carbonyl (C=O) groups excluding carboxylic acids is 1. The van der Waals surface area contributed by atoms with Gasteiger partial charge in [0.05, 0.1) is 5.69 Å². The van der Waals surface area contributed by atoms with E-state index in [2.05, 4.69) is 10.3 Å². The highest BCUT2D eigenvalue weighted by atomic mass is 32.1. The molecule has 0 radical (unpaired) electrons. The Morgan fingerprint density at radius 2 is 1.91 bits per heavy atom. The van der Waals surface area contributed by atoms with E-state index in [1.165, 1.54) is 28.1 Å². The molecule has 0 aliphatic rings. The van der Waals surface area contributed by atoms with Gasteiger partial charge >= 0.3 is 0 Å². The zero-order chi connectivity index (χ0) is 15.7. The number of thiazole rings is 1. The Morgan fingerprint density at radius 1 is 1.09 bits per heavy atom. The van der Waals surface area contributed by atoms with E-state index in [0.717, 1.165) is 17.7 Å². The van der Waals surface area contributed by atoms with E-state index in [4.69, 9.17) is 0 Å². The first kappa shape index (κ1) is 14.7. The fourth-order valence-electron chi connectivity index (χ4n) is 1.71. The number of aromatic nitrogens is 1. The number of hydrogen-bond donors (Lipinski definition) is 1. The van der Waals surface area contributed by atoms with Crippen molar-refractivity contribution in [3.8, 4) is 10.6 Å². The van der Waals surface area contributed by atoms with E-state index in [9.17, 15) is 18.0 Å². The third-order valence-corrected chi connectivity index (χ3v) is 4.36. The van der Waals surface area contributed by atoms with Gasteiger partial charge in [-0.2, -0.15) is 11.3 Å². The molecule has 0 atom stereocenters. The van der Waals surface area contributed by atoms with Gasteiger partial charge < -0.3 is 5.32 Å². The van der Waals surface area contributed by atoms with Crippen molar-refractivity contribution in [2.75, 3.05) is 5.32 Å². The lowest BCUT2D eigenvalue weighted by molar-refractivity contribution is 0.102. The van der Waals surface area contributed by atoms with Crippen LogP contribution in [0.3, 0.4) is 0 Å². The van der Waals surface area contributed by atoms with Crippen molar-refractivity contribution < 1.29 is 18.0 Å². The van der Waals surface area contributed by atoms with Crippen LogP contribution in [0.5, 0.6) is 0 Å². The topological polar surface area (TPSA) is 42.0 Å². The molecular weight excluding hydrogens is 333 g/mol. The molecule has 0 unspecified atom stereocenters. The zero-order valence-corrected chi connectivity index (χ0v) is 12.4. The Bertz CT molecular complexity index is 831. The van der Waals surface area contributed by atoms with Crippen molar-refractivity contribution >= 4 is 34.3 Å². The van der Waals surface area contributed by atoms with Crippen molar-refractivity contribution in [1.29, 1.82) is 0 Å². The molecule has 2 aromatic heterocycles. The number of amides is 1. The maximum absolute atomic E-state index is 13.5. The van der Waals surface area contributed by atoms with Gasteiger partial charge in [-0.3, -0.25) is 4.79 Å². The zero-order valence-electron chi connectivity index (χ0n) is 10.8. The number of carbonyl (C=O) groups is 1. The molecule has 2 heterocycles. The van der Waals surface area contributed by atoms with E-state index in [0.29, 0.717) is 5.01 Å². The molecule has 1 aromatic carbocycles. The summed E-state index contributed by atoms with van der Waals surface area (Å²) >= 11 is 2.76. The summed E-state index contributed by atoms with van der Waals surface area (Å²) in [4.78, 5) is 16.1. The van der Waals surface area contributed by atoms with Crippen LogP contribution in [0.4, 0.5) is 18.9 Å². The van der Waals surface area contributed by atoms with E-state index in [1.807, 2.05) is 16.8 Å². The van der Waals surface area contributed by atoms with Crippen LogP contribution in [0, 0.1) is 17.5 Å². The van der Waals surface area contributed by atoms with Gasteiger partial charge in [-0.1, -0.05) is 0 Å². The number of benzene rings is 1. The Balaban J connectivity index is 1.82. The van der Waals surface area contributed by atoms with Crippen LogP contribution in [0.1, 0.15) is 10.5 Å². The molecule has 1 amide bonds. The van der Waals surface area contributed by atoms with Crippen molar-refractivity contribution in [2.45, 2.75) is 0 Å². The molecule has 112 valence electrons. The largest absolute Gasteiger partial charge is 0.318 e. The summed E-state index contributed by atoms with van der Waals surface area (Å²) in [7, 11) is 0. The van der Waals surface area contributed by atoms with Gasteiger partial charge in [-0.15, -0.1) is 11.3 Å². The second kappa shape index (κ2) is 5.90. The van der Waals surface area contributed by atoms with Gasteiger partial charge in [-0.05, 0) is 23.6 Å². The summed E-state index contributed by atoms with van der Waals surface area (Å²) in [5.74, 6) is -5.08. The van der Waals surface area contributed by atoms with Crippen molar-refractivity contribution in [3.63, 3.8) is 0 Å². The van der Waals surface area contributed by atoms with Crippen LogP contribution in [0.25, 0.3) is 10.6 Å². The molecule has 0 saturated carbocycles. The smallest absolute Gasteiger partial charge is 0.275 e. The first-order chi connectivity index (χ1) is 10.6. The molecule has 0 saturated heterocycles. The molecule has 22 heavy (non-hydrogen) atoms. The predicted molar refractivity (Wildman–Crippen MR) is 79.7 cm³/mol. The normalized spacial score (nSPS) is 10.7. The Morgan fingerprint density at radius 3 is 2.64 bits per heavy atom. The first-order valence-corrected chi connectivity index (χ1v) is 7.81. The van der Waals surface area contributed by atoms with E-state index in [-0.39, 0.29) is 5.69 Å². The average Bonchev–Trinajstić information content (AvgIpc) is 3.18. The molecule has 3 rings (SSSR count). The van der Waals surface area contributed by atoms with Gasteiger partial charge in [-0.25, -0.2) is 18.2 Å². The number of thiophene rings is 1. The lowest BCUT2D eigenvalue weighted by Gasteiger charge is -2.05. The highest BCUT2D eigenvalue weighted by molar-refractivity contribution is 7.14. The van der Waals surface area contributed by atoms with E-state index in [1.54, 1.807) is 0 Å². The fourth-order valence-corrected chi connectivity index (χ4v) is 3.22. The number of nitrogens with zero attached hydrogens (tertiary/aromatic N) is 1. The maximum atomic E-state index is 13.5. The van der Waals surface area contributed by atoms with Crippen molar-refractivity contribution in [1.82, 2.24) is 4.98 Å². The van der Waals surface area contributed by atoms with Crippen LogP contribution >= 0.6 is 22.7 Å². The van der Waals surface area contributed by atoms with Gasteiger partial charge in [0.15, 0.2) is 17.5 Å². The summed E-state index contributed by atoms with van der Waals surface area (Å²) < 4.78 is 39.5. The molecule has 8 heteroatoms. The number of halogens is 3. The van der Waals surface area contributed by atoms with Gasteiger partial charge in [0, 0.05) is 16.3 Å². The molecule has 0 fully saturated rings. The van der Waals surface area contributed by atoms with Gasteiger partial charge in [0.2, 0.25) is 0 Å². The van der Waals surface area contributed by atoms with E-state index < -0.39 is 29.0 Å². The summed E-state index contributed by atoms with van der Waals surface area (Å²) in [6.45, 7) is 0. The second-order valence-electron chi connectivity index (χ2n) is 4.23. The number of nitrogens with one attached hydrogen (secondary N) is 1. The molecule has 0 bridgehead atoms. The fraction of sp³-hybridized carbons (Fsp3) is 0. The van der Waals surface area contributed by atoms with Crippen LogP contribution in [0.2, 0.25) is 0 Å². The maximum Gasteiger partial charge on any atom is 0.275 e. The average molecular weight is 340 g/mol. The second-order valence-corrected chi connectivity index (χ2v) is 5.87. The summed E-state index contributed by atoms with van der Waals surface area (Å²) in [5.41, 5.74) is 0.525. The molecule has 1 N–H and O–H groups in total. The minimum absolute atomic E-state index is 0.0790. The minimum atomic E-state index is -1.63. The highest BCUT2D eigenvalue weighted by Crippen LogP contribution is 2.26. The summed E-state index contributed by atoms with van der Waals surface area (Å²) in [6, 6.07) is 3.56.